The molecule has 0 spiro atoms. The number of hydrogen-bond donors (Lipinski definition) is 0. The minimum atomic E-state index is -0.539. The SMILES string of the molecule is N#CCOC(=O)c1ccccc1SCC#N. The minimum absolute atomic E-state index is 0.266. The number of carbonyl (C=O) groups is 1. The van der Waals surface area contributed by atoms with Gasteiger partial charge in [0.1, 0.15) is 6.07 Å². The van der Waals surface area contributed by atoms with E-state index in [9.17, 15) is 4.79 Å². The van der Waals surface area contributed by atoms with E-state index in [1.165, 1.54) is 11.8 Å². The molecule has 0 fully saturated rings. The molecule has 0 unspecified atom stereocenters. The lowest BCUT2D eigenvalue weighted by molar-refractivity contribution is 0.0551. The largest absolute Gasteiger partial charge is 0.447 e. The molecular formula is C11H8N2O2S. The molecule has 0 bridgehead atoms. The third kappa shape index (κ3) is 3.30. The van der Waals surface area contributed by atoms with Crippen LogP contribution in [0, 0.1) is 22.7 Å². The van der Waals surface area contributed by atoms with Crippen LogP contribution in [-0.2, 0) is 4.74 Å². The van der Waals surface area contributed by atoms with Gasteiger partial charge in [0.05, 0.1) is 17.4 Å². The van der Waals surface area contributed by atoms with Crippen molar-refractivity contribution in [2.45, 2.75) is 4.90 Å². The fraction of sp³-hybridized carbons (Fsp3) is 0.182. The maximum atomic E-state index is 11.5. The van der Waals surface area contributed by atoms with Crippen molar-refractivity contribution in [1.82, 2.24) is 0 Å². The molecule has 0 aliphatic heterocycles. The van der Waals surface area contributed by atoms with Crippen molar-refractivity contribution < 1.29 is 9.53 Å². The van der Waals surface area contributed by atoms with Crippen LogP contribution in [0.5, 0.6) is 0 Å². The highest BCUT2D eigenvalue weighted by atomic mass is 32.2. The predicted molar refractivity (Wildman–Crippen MR) is 58.7 cm³/mol. The normalized spacial score (nSPS) is 8.88. The summed E-state index contributed by atoms with van der Waals surface area (Å²) in [6.07, 6.45) is 0. The zero-order chi connectivity index (χ0) is 11.8. The number of benzene rings is 1. The summed E-state index contributed by atoms with van der Waals surface area (Å²) in [5.41, 5.74) is 0.387. The Bertz CT molecular complexity index is 460. The third-order valence-corrected chi connectivity index (χ3v) is 2.61. The van der Waals surface area contributed by atoms with Gasteiger partial charge in [-0.3, -0.25) is 0 Å². The molecule has 80 valence electrons. The Morgan fingerprint density at radius 1 is 1.31 bits per heavy atom. The topological polar surface area (TPSA) is 73.9 Å². The fourth-order valence-electron chi connectivity index (χ4n) is 1.05. The van der Waals surface area contributed by atoms with Crippen molar-refractivity contribution in [1.29, 1.82) is 10.5 Å². The van der Waals surface area contributed by atoms with Crippen LogP contribution in [0.3, 0.4) is 0 Å². The molecule has 0 saturated heterocycles. The molecule has 0 atom stereocenters. The number of thioether (sulfide) groups is 1. The number of nitriles is 2. The molecule has 4 nitrogen and oxygen atoms in total. The van der Waals surface area contributed by atoms with Gasteiger partial charge in [0.15, 0.2) is 6.61 Å². The molecule has 0 radical (unpaired) electrons. The summed E-state index contributed by atoms with van der Waals surface area (Å²) in [6.45, 7) is -0.268. The van der Waals surface area contributed by atoms with Crippen LogP contribution in [0.4, 0.5) is 0 Å². The van der Waals surface area contributed by atoms with E-state index in [1.807, 2.05) is 6.07 Å². The van der Waals surface area contributed by atoms with E-state index in [-0.39, 0.29) is 12.4 Å². The second-order valence-corrected chi connectivity index (χ2v) is 3.69. The van der Waals surface area contributed by atoms with E-state index in [1.54, 1.807) is 30.3 Å². The van der Waals surface area contributed by atoms with Crippen LogP contribution >= 0.6 is 11.8 Å². The van der Waals surface area contributed by atoms with Crippen molar-refractivity contribution >= 4 is 17.7 Å². The van der Waals surface area contributed by atoms with E-state index in [0.717, 1.165) is 0 Å². The first-order chi connectivity index (χ1) is 7.79. The van der Waals surface area contributed by atoms with Crippen LogP contribution in [0.25, 0.3) is 0 Å². The lowest BCUT2D eigenvalue weighted by atomic mass is 10.2. The average Bonchev–Trinajstić information content (AvgIpc) is 2.33. The van der Waals surface area contributed by atoms with Crippen LogP contribution in [0.15, 0.2) is 29.2 Å². The van der Waals surface area contributed by atoms with Gasteiger partial charge in [-0.1, -0.05) is 12.1 Å². The van der Waals surface area contributed by atoms with Gasteiger partial charge in [0.25, 0.3) is 0 Å². The molecule has 16 heavy (non-hydrogen) atoms. The predicted octanol–water partition coefficient (Wildman–Crippen LogP) is 1.98. The molecule has 0 heterocycles. The van der Waals surface area contributed by atoms with Gasteiger partial charge in [-0.15, -0.1) is 11.8 Å². The summed E-state index contributed by atoms with van der Waals surface area (Å²) in [5.74, 6) is -0.273. The smallest absolute Gasteiger partial charge is 0.340 e. The molecule has 5 heteroatoms. The second-order valence-electron chi connectivity index (χ2n) is 2.68. The zero-order valence-corrected chi connectivity index (χ0v) is 9.16. The summed E-state index contributed by atoms with van der Waals surface area (Å²) in [7, 11) is 0. The van der Waals surface area contributed by atoms with E-state index >= 15 is 0 Å². The van der Waals surface area contributed by atoms with Gasteiger partial charge in [-0.05, 0) is 12.1 Å². The molecule has 0 aliphatic rings. The van der Waals surface area contributed by atoms with Crippen LogP contribution in [0.2, 0.25) is 0 Å². The number of ether oxygens (including phenoxy) is 1. The average molecular weight is 232 g/mol. The summed E-state index contributed by atoms with van der Waals surface area (Å²) < 4.78 is 4.70. The number of esters is 1. The maximum absolute atomic E-state index is 11.5. The molecule has 0 saturated carbocycles. The van der Waals surface area contributed by atoms with Crippen molar-refractivity contribution in [2.75, 3.05) is 12.4 Å². The summed E-state index contributed by atoms with van der Waals surface area (Å²) >= 11 is 1.26. The van der Waals surface area contributed by atoms with Crippen molar-refractivity contribution in [3.05, 3.63) is 29.8 Å². The van der Waals surface area contributed by atoms with E-state index in [0.29, 0.717) is 10.5 Å². The lowest BCUT2D eigenvalue weighted by Crippen LogP contribution is -2.06. The number of rotatable bonds is 4. The molecule has 1 aromatic rings. The Hall–Kier alpha value is -1.98. The quantitative estimate of drug-likeness (QED) is 0.586. The van der Waals surface area contributed by atoms with Crippen molar-refractivity contribution in [3.8, 4) is 12.1 Å². The molecule has 0 N–H and O–H groups in total. The lowest BCUT2D eigenvalue weighted by Gasteiger charge is -2.05. The van der Waals surface area contributed by atoms with Gasteiger partial charge >= 0.3 is 5.97 Å². The first-order valence-corrected chi connectivity index (χ1v) is 5.41. The first kappa shape index (κ1) is 12.1. The molecule has 1 aromatic carbocycles. The van der Waals surface area contributed by atoms with Crippen molar-refractivity contribution in [2.24, 2.45) is 0 Å². The zero-order valence-electron chi connectivity index (χ0n) is 8.34. The van der Waals surface area contributed by atoms with Crippen LogP contribution in [0.1, 0.15) is 10.4 Å². The number of hydrogen-bond acceptors (Lipinski definition) is 5. The molecular weight excluding hydrogens is 224 g/mol. The first-order valence-electron chi connectivity index (χ1n) is 4.42. The monoisotopic (exact) mass is 232 g/mol. The molecule has 0 aliphatic carbocycles. The van der Waals surface area contributed by atoms with Gasteiger partial charge in [-0.25, -0.2) is 4.79 Å². The summed E-state index contributed by atoms with van der Waals surface area (Å²) in [4.78, 5) is 12.2. The maximum Gasteiger partial charge on any atom is 0.340 e. The molecule has 0 aromatic heterocycles. The Morgan fingerprint density at radius 3 is 2.75 bits per heavy atom. The Kier molecular flexibility index (Phi) is 4.91. The standard InChI is InChI=1S/C11H8N2O2S/c12-5-7-15-11(14)9-3-1-2-4-10(9)16-8-6-13/h1-4H,7-8H2. The van der Waals surface area contributed by atoms with Crippen molar-refractivity contribution in [3.63, 3.8) is 0 Å². The Balaban J connectivity index is 2.82. The Morgan fingerprint density at radius 2 is 2.06 bits per heavy atom. The highest BCUT2D eigenvalue weighted by molar-refractivity contribution is 7.99. The van der Waals surface area contributed by atoms with E-state index in [2.05, 4.69) is 0 Å². The van der Waals surface area contributed by atoms with Gasteiger partial charge in [0.2, 0.25) is 0 Å². The highest BCUT2D eigenvalue weighted by Crippen LogP contribution is 2.22. The van der Waals surface area contributed by atoms with Gasteiger partial charge in [0, 0.05) is 4.90 Å². The highest BCUT2D eigenvalue weighted by Gasteiger charge is 2.11. The number of nitrogens with zero attached hydrogens (tertiary/aromatic N) is 2. The number of carbonyl (C=O) groups excluding carboxylic acids is 1. The van der Waals surface area contributed by atoms with Crippen LogP contribution in [-0.4, -0.2) is 18.3 Å². The van der Waals surface area contributed by atoms with Gasteiger partial charge < -0.3 is 4.74 Å². The summed E-state index contributed by atoms with van der Waals surface area (Å²) in [5, 5.41) is 16.8. The Labute approximate surface area is 97.4 Å². The third-order valence-electron chi connectivity index (χ3n) is 1.67. The second kappa shape index (κ2) is 6.49. The van der Waals surface area contributed by atoms with Gasteiger partial charge in [-0.2, -0.15) is 10.5 Å². The van der Waals surface area contributed by atoms with E-state index < -0.39 is 5.97 Å². The summed E-state index contributed by atoms with van der Waals surface area (Å²) in [6, 6.07) is 10.6. The fourth-order valence-corrected chi connectivity index (χ4v) is 1.75. The van der Waals surface area contributed by atoms with E-state index in [4.69, 9.17) is 15.3 Å². The molecule has 0 amide bonds. The minimum Gasteiger partial charge on any atom is -0.447 e. The van der Waals surface area contributed by atoms with Crippen LogP contribution < -0.4 is 0 Å². The molecule has 1 rings (SSSR count).